The number of carbonyl (C=O) groups excluding carboxylic acids is 2. The zero-order valence-electron chi connectivity index (χ0n) is 13.0. The summed E-state index contributed by atoms with van der Waals surface area (Å²) in [7, 11) is 0. The number of carbonyl (C=O) groups is 2. The fourth-order valence-electron chi connectivity index (χ4n) is 2.76. The molecule has 0 bridgehead atoms. The number of aromatic nitrogens is 1. The van der Waals surface area contributed by atoms with Gasteiger partial charge in [-0.25, -0.2) is 0 Å². The Morgan fingerprint density at radius 2 is 2.04 bits per heavy atom. The molecule has 3 rings (SSSR count). The van der Waals surface area contributed by atoms with Crippen LogP contribution in [0.3, 0.4) is 0 Å². The zero-order chi connectivity index (χ0) is 16.2. The van der Waals surface area contributed by atoms with Crippen molar-refractivity contribution in [2.75, 3.05) is 11.9 Å². The molecule has 0 aliphatic carbocycles. The Labute approximate surface area is 135 Å². The first-order valence-electron chi connectivity index (χ1n) is 7.67. The average molecular weight is 309 g/mol. The highest BCUT2D eigenvalue weighted by Crippen LogP contribution is 2.22. The summed E-state index contributed by atoms with van der Waals surface area (Å²) in [5.41, 5.74) is 2.54. The van der Waals surface area contributed by atoms with Gasteiger partial charge in [0.05, 0.1) is 17.3 Å². The van der Waals surface area contributed by atoms with Gasteiger partial charge < -0.3 is 10.2 Å². The first-order valence-corrected chi connectivity index (χ1v) is 7.67. The maximum atomic E-state index is 12.4. The van der Waals surface area contributed by atoms with E-state index in [-0.39, 0.29) is 24.2 Å². The van der Waals surface area contributed by atoms with Crippen LogP contribution in [0.5, 0.6) is 0 Å². The highest BCUT2D eigenvalue weighted by atomic mass is 16.2. The van der Waals surface area contributed by atoms with Gasteiger partial charge >= 0.3 is 0 Å². The number of hydrogen-bond donors (Lipinski definition) is 1. The molecule has 2 heterocycles. The highest BCUT2D eigenvalue weighted by molar-refractivity contribution is 5.97. The van der Waals surface area contributed by atoms with Crippen LogP contribution in [0.4, 0.5) is 5.69 Å². The molecule has 0 radical (unpaired) electrons. The minimum absolute atomic E-state index is 0.0249. The summed E-state index contributed by atoms with van der Waals surface area (Å²) in [5, 5.41) is 2.88. The van der Waals surface area contributed by atoms with Gasteiger partial charge in [-0.1, -0.05) is 30.3 Å². The summed E-state index contributed by atoms with van der Waals surface area (Å²) in [6.45, 7) is 2.85. The van der Waals surface area contributed by atoms with Crippen molar-refractivity contribution in [3.05, 3.63) is 59.9 Å². The first kappa shape index (κ1) is 15.2. The van der Waals surface area contributed by atoms with Gasteiger partial charge in [-0.3, -0.25) is 14.6 Å². The van der Waals surface area contributed by atoms with Crippen molar-refractivity contribution in [3.63, 3.8) is 0 Å². The Balaban J connectivity index is 1.63. The molecule has 0 spiro atoms. The van der Waals surface area contributed by atoms with E-state index in [1.165, 1.54) is 0 Å². The van der Waals surface area contributed by atoms with Crippen LogP contribution in [0.1, 0.15) is 17.7 Å². The van der Waals surface area contributed by atoms with Gasteiger partial charge in [0.25, 0.3) is 0 Å². The number of anilines is 1. The van der Waals surface area contributed by atoms with Gasteiger partial charge in [-0.2, -0.15) is 0 Å². The third-order valence-electron chi connectivity index (χ3n) is 4.07. The summed E-state index contributed by atoms with van der Waals surface area (Å²) < 4.78 is 0. The smallest absolute Gasteiger partial charge is 0.229 e. The Kier molecular flexibility index (Phi) is 4.37. The molecule has 23 heavy (non-hydrogen) atoms. The molecule has 118 valence electrons. The van der Waals surface area contributed by atoms with Gasteiger partial charge in [-0.15, -0.1) is 0 Å². The molecule has 1 aliphatic heterocycles. The van der Waals surface area contributed by atoms with Crippen molar-refractivity contribution in [3.8, 4) is 0 Å². The van der Waals surface area contributed by atoms with Gasteiger partial charge in [0.2, 0.25) is 11.8 Å². The zero-order valence-corrected chi connectivity index (χ0v) is 13.0. The first-order chi connectivity index (χ1) is 11.1. The molecular weight excluding hydrogens is 290 g/mol. The second-order valence-electron chi connectivity index (χ2n) is 5.79. The summed E-state index contributed by atoms with van der Waals surface area (Å²) in [6, 6.07) is 13.4. The van der Waals surface area contributed by atoms with Gasteiger partial charge in [0.15, 0.2) is 0 Å². The molecule has 1 aromatic carbocycles. The Morgan fingerprint density at radius 3 is 2.78 bits per heavy atom. The lowest BCUT2D eigenvalue weighted by molar-refractivity contribution is -0.128. The number of benzene rings is 1. The average Bonchev–Trinajstić information content (AvgIpc) is 2.92. The second-order valence-corrected chi connectivity index (χ2v) is 5.79. The molecule has 1 saturated heterocycles. The van der Waals surface area contributed by atoms with E-state index >= 15 is 0 Å². The largest absolute Gasteiger partial charge is 0.338 e. The van der Waals surface area contributed by atoms with Crippen LogP contribution in [-0.2, 0) is 16.1 Å². The van der Waals surface area contributed by atoms with Crippen molar-refractivity contribution >= 4 is 17.5 Å². The molecule has 1 unspecified atom stereocenters. The lowest BCUT2D eigenvalue weighted by Gasteiger charge is -2.17. The van der Waals surface area contributed by atoms with E-state index in [1.807, 2.05) is 43.3 Å². The van der Waals surface area contributed by atoms with E-state index in [0.29, 0.717) is 18.8 Å². The molecule has 1 atom stereocenters. The third-order valence-corrected chi connectivity index (χ3v) is 4.07. The molecule has 5 nitrogen and oxygen atoms in total. The van der Waals surface area contributed by atoms with Crippen molar-refractivity contribution in [2.45, 2.75) is 19.9 Å². The number of pyridine rings is 1. The minimum Gasteiger partial charge on any atom is -0.338 e. The van der Waals surface area contributed by atoms with Crippen LogP contribution in [0.2, 0.25) is 0 Å². The summed E-state index contributed by atoms with van der Waals surface area (Å²) >= 11 is 0. The third kappa shape index (κ3) is 3.56. The van der Waals surface area contributed by atoms with Crippen LogP contribution in [0, 0.1) is 12.8 Å². The second kappa shape index (κ2) is 6.60. The molecule has 1 fully saturated rings. The van der Waals surface area contributed by atoms with Crippen molar-refractivity contribution < 1.29 is 9.59 Å². The molecule has 5 heteroatoms. The summed E-state index contributed by atoms with van der Waals surface area (Å²) in [5.74, 6) is -0.409. The van der Waals surface area contributed by atoms with Crippen LogP contribution >= 0.6 is 0 Å². The number of aryl methyl sites for hydroxylation is 1. The van der Waals surface area contributed by atoms with E-state index in [9.17, 15) is 9.59 Å². The maximum Gasteiger partial charge on any atom is 0.229 e. The molecule has 0 saturated carbocycles. The predicted octanol–water partition coefficient (Wildman–Crippen LogP) is 2.38. The van der Waals surface area contributed by atoms with Crippen LogP contribution < -0.4 is 5.32 Å². The quantitative estimate of drug-likeness (QED) is 0.943. The van der Waals surface area contributed by atoms with E-state index in [2.05, 4.69) is 10.3 Å². The molecule has 1 N–H and O–H groups in total. The highest BCUT2D eigenvalue weighted by Gasteiger charge is 2.34. The number of likely N-dealkylation sites (tertiary alicyclic amines) is 1. The molecular formula is C18H19N3O2. The number of nitrogens with one attached hydrogen (secondary N) is 1. The van der Waals surface area contributed by atoms with Gasteiger partial charge in [0, 0.05) is 25.7 Å². The molecule has 1 aliphatic rings. The Morgan fingerprint density at radius 1 is 1.26 bits per heavy atom. The fourth-order valence-corrected chi connectivity index (χ4v) is 2.76. The number of nitrogens with zero attached hydrogens (tertiary/aromatic N) is 2. The fraction of sp³-hybridized carbons (Fsp3) is 0.278. The summed E-state index contributed by atoms with van der Waals surface area (Å²) in [6.07, 6.45) is 1.95. The monoisotopic (exact) mass is 309 g/mol. The van der Waals surface area contributed by atoms with Crippen LogP contribution in [-0.4, -0.2) is 28.2 Å². The SMILES string of the molecule is Cc1ncccc1NC(=O)C1CC(=O)N(Cc2ccccc2)C1. The topological polar surface area (TPSA) is 62.3 Å². The molecule has 2 aromatic rings. The van der Waals surface area contributed by atoms with Gasteiger partial charge in [0.1, 0.15) is 0 Å². The lowest BCUT2D eigenvalue weighted by Crippen LogP contribution is -2.28. The van der Waals surface area contributed by atoms with E-state index in [4.69, 9.17) is 0 Å². The standard InChI is InChI=1S/C18H19N3O2/c1-13-16(8-5-9-19-13)20-18(23)15-10-17(22)21(12-15)11-14-6-3-2-4-7-14/h2-9,15H,10-12H2,1H3,(H,20,23). The molecule has 2 amide bonds. The maximum absolute atomic E-state index is 12.4. The van der Waals surface area contributed by atoms with Crippen molar-refractivity contribution in [1.29, 1.82) is 0 Å². The minimum atomic E-state index is -0.314. The lowest BCUT2D eigenvalue weighted by atomic mass is 10.1. The van der Waals surface area contributed by atoms with Crippen LogP contribution in [0.25, 0.3) is 0 Å². The normalized spacial score (nSPS) is 17.3. The van der Waals surface area contributed by atoms with Crippen LogP contribution in [0.15, 0.2) is 48.7 Å². The number of amides is 2. The molecule has 1 aromatic heterocycles. The van der Waals surface area contributed by atoms with Gasteiger partial charge in [-0.05, 0) is 24.6 Å². The van der Waals surface area contributed by atoms with E-state index in [0.717, 1.165) is 11.3 Å². The van der Waals surface area contributed by atoms with E-state index in [1.54, 1.807) is 17.2 Å². The van der Waals surface area contributed by atoms with Crippen molar-refractivity contribution in [1.82, 2.24) is 9.88 Å². The Hall–Kier alpha value is -2.69. The number of hydrogen-bond acceptors (Lipinski definition) is 3. The number of rotatable bonds is 4. The Bertz CT molecular complexity index is 715. The predicted molar refractivity (Wildman–Crippen MR) is 87.6 cm³/mol. The van der Waals surface area contributed by atoms with E-state index < -0.39 is 0 Å². The van der Waals surface area contributed by atoms with Crippen molar-refractivity contribution in [2.24, 2.45) is 5.92 Å². The summed E-state index contributed by atoms with van der Waals surface area (Å²) in [4.78, 5) is 30.4.